The summed E-state index contributed by atoms with van der Waals surface area (Å²) in [6.07, 6.45) is 1.50. The van der Waals surface area contributed by atoms with Gasteiger partial charge in [0.2, 0.25) is 0 Å². The molecule has 0 aliphatic rings. The number of aromatic nitrogens is 2. The van der Waals surface area contributed by atoms with Gasteiger partial charge in [0.1, 0.15) is 11.5 Å². The van der Waals surface area contributed by atoms with E-state index in [9.17, 15) is 4.79 Å². The van der Waals surface area contributed by atoms with E-state index < -0.39 is 5.97 Å². The first kappa shape index (κ1) is 9.98. The molecule has 0 amide bonds. The van der Waals surface area contributed by atoms with E-state index in [1.54, 1.807) is 29.5 Å². The topological polar surface area (TPSA) is 43.6 Å². The normalized spacial score (nSPS) is 10.5. The first-order chi connectivity index (χ1) is 7.24. The van der Waals surface area contributed by atoms with Crippen molar-refractivity contribution in [2.24, 2.45) is 0 Å². The molecular formula is C10H9ClN2O2. The number of pyridine rings is 1. The van der Waals surface area contributed by atoms with E-state index in [1.807, 2.05) is 0 Å². The van der Waals surface area contributed by atoms with Crippen LogP contribution in [-0.4, -0.2) is 22.0 Å². The van der Waals surface area contributed by atoms with E-state index in [0.29, 0.717) is 23.0 Å². The van der Waals surface area contributed by atoms with Gasteiger partial charge in [-0.05, 0) is 19.1 Å². The first-order valence-electron chi connectivity index (χ1n) is 4.52. The zero-order valence-corrected chi connectivity index (χ0v) is 8.86. The van der Waals surface area contributed by atoms with E-state index in [1.165, 1.54) is 6.33 Å². The highest BCUT2D eigenvalue weighted by Crippen LogP contribution is 2.16. The molecule has 15 heavy (non-hydrogen) atoms. The predicted molar refractivity (Wildman–Crippen MR) is 56.2 cm³/mol. The van der Waals surface area contributed by atoms with Crippen LogP contribution < -0.4 is 0 Å². The molecule has 2 heterocycles. The number of hydrogen-bond acceptors (Lipinski definition) is 3. The fourth-order valence-corrected chi connectivity index (χ4v) is 1.55. The second-order valence-corrected chi connectivity index (χ2v) is 3.30. The summed E-state index contributed by atoms with van der Waals surface area (Å²) in [5.74, 6) is -0.428. The van der Waals surface area contributed by atoms with Gasteiger partial charge in [-0.25, -0.2) is 9.78 Å². The van der Waals surface area contributed by atoms with Gasteiger partial charge in [0.05, 0.1) is 12.1 Å². The van der Waals surface area contributed by atoms with Gasteiger partial charge in [-0.15, -0.1) is 0 Å². The number of hydrogen-bond donors (Lipinski definition) is 0. The van der Waals surface area contributed by atoms with Crippen molar-refractivity contribution in [3.63, 3.8) is 0 Å². The smallest absolute Gasteiger partial charge is 0.359 e. The van der Waals surface area contributed by atoms with Gasteiger partial charge in [0.25, 0.3) is 0 Å². The molecule has 2 aromatic rings. The van der Waals surface area contributed by atoms with E-state index in [2.05, 4.69) is 4.98 Å². The van der Waals surface area contributed by atoms with Crippen LogP contribution in [0.1, 0.15) is 17.4 Å². The van der Waals surface area contributed by atoms with E-state index in [-0.39, 0.29) is 0 Å². The molecule has 0 saturated heterocycles. The first-order valence-corrected chi connectivity index (χ1v) is 4.90. The van der Waals surface area contributed by atoms with Crippen LogP contribution >= 0.6 is 11.6 Å². The molecule has 0 N–H and O–H groups in total. The summed E-state index contributed by atoms with van der Waals surface area (Å²) in [6.45, 7) is 2.08. The number of carbonyl (C=O) groups excluding carboxylic acids is 1. The van der Waals surface area contributed by atoms with E-state index in [0.717, 1.165) is 0 Å². The van der Waals surface area contributed by atoms with Crippen LogP contribution in [0, 0.1) is 0 Å². The van der Waals surface area contributed by atoms with Crippen molar-refractivity contribution >= 4 is 23.1 Å². The second-order valence-electron chi connectivity index (χ2n) is 2.92. The zero-order chi connectivity index (χ0) is 10.8. The minimum atomic E-state index is -0.428. The fourth-order valence-electron chi connectivity index (χ4n) is 1.34. The molecule has 0 fully saturated rings. The van der Waals surface area contributed by atoms with E-state index >= 15 is 0 Å². The van der Waals surface area contributed by atoms with Crippen LogP contribution in [-0.2, 0) is 4.74 Å². The van der Waals surface area contributed by atoms with Crippen LogP contribution in [0.25, 0.3) is 5.52 Å². The number of fused-ring (bicyclic) bond motifs is 1. The van der Waals surface area contributed by atoms with Gasteiger partial charge in [0, 0.05) is 0 Å². The summed E-state index contributed by atoms with van der Waals surface area (Å²) >= 11 is 5.92. The molecule has 0 unspecified atom stereocenters. The van der Waals surface area contributed by atoms with Crippen molar-refractivity contribution in [3.8, 4) is 0 Å². The maximum absolute atomic E-state index is 11.5. The van der Waals surface area contributed by atoms with Crippen LogP contribution in [0.2, 0.25) is 5.15 Å². The number of halogens is 1. The molecule has 2 rings (SSSR count). The SMILES string of the molecule is CCOC(=O)c1ncn2c(Cl)cccc12. The van der Waals surface area contributed by atoms with Gasteiger partial charge in [-0.2, -0.15) is 0 Å². The zero-order valence-electron chi connectivity index (χ0n) is 8.11. The Kier molecular flexibility index (Phi) is 2.60. The molecule has 0 aliphatic heterocycles. The third kappa shape index (κ3) is 1.68. The lowest BCUT2D eigenvalue weighted by atomic mass is 10.3. The Balaban J connectivity index is 2.54. The second kappa shape index (κ2) is 3.90. The van der Waals surface area contributed by atoms with Gasteiger partial charge in [0.15, 0.2) is 5.69 Å². The largest absolute Gasteiger partial charge is 0.461 e. The molecule has 4 nitrogen and oxygen atoms in total. The molecule has 0 bridgehead atoms. The summed E-state index contributed by atoms with van der Waals surface area (Å²) < 4.78 is 6.51. The van der Waals surface area contributed by atoms with Crippen LogP contribution in [0.15, 0.2) is 24.5 Å². The van der Waals surface area contributed by atoms with Crippen molar-refractivity contribution in [2.75, 3.05) is 6.61 Å². The van der Waals surface area contributed by atoms with Crippen LogP contribution in [0.3, 0.4) is 0 Å². The molecule has 5 heteroatoms. The summed E-state index contributed by atoms with van der Waals surface area (Å²) in [7, 11) is 0. The number of rotatable bonds is 2. The van der Waals surface area contributed by atoms with Crippen LogP contribution in [0.5, 0.6) is 0 Å². The Labute approximate surface area is 91.4 Å². The Hall–Kier alpha value is -1.55. The Bertz CT molecular complexity index is 507. The molecule has 0 aliphatic carbocycles. The van der Waals surface area contributed by atoms with E-state index in [4.69, 9.17) is 16.3 Å². The lowest BCUT2D eigenvalue weighted by Gasteiger charge is -1.99. The van der Waals surface area contributed by atoms with Crippen molar-refractivity contribution in [1.29, 1.82) is 0 Å². The minimum absolute atomic E-state index is 0.291. The highest BCUT2D eigenvalue weighted by Gasteiger charge is 2.14. The maximum atomic E-state index is 11.5. The van der Waals surface area contributed by atoms with Crippen LogP contribution in [0.4, 0.5) is 0 Å². The monoisotopic (exact) mass is 224 g/mol. The molecule has 0 spiro atoms. The summed E-state index contributed by atoms with van der Waals surface area (Å²) in [6, 6.07) is 5.26. The van der Waals surface area contributed by atoms with Gasteiger partial charge in [-0.1, -0.05) is 17.7 Å². The third-order valence-corrected chi connectivity index (χ3v) is 2.30. The highest BCUT2D eigenvalue weighted by molar-refractivity contribution is 6.29. The average molecular weight is 225 g/mol. The third-order valence-electron chi connectivity index (χ3n) is 1.99. The van der Waals surface area contributed by atoms with Crippen molar-refractivity contribution < 1.29 is 9.53 Å². The number of ether oxygens (including phenoxy) is 1. The standard InChI is InChI=1S/C10H9ClN2O2/c1-2-15-10(14)9-7-4-3-5-8(11)13(7)6-12-9/h3-6H,2H2,1H3. The predicted octanol–water partition coefficient (Wildman–Crippen LogP) is 2.16. The van der Waals surface area contributed by atoms with Gasteiger partial charge < -0.3 is 4.74 Å². The molecule has 0 aromatic carbocycles. The Morgan fingerprint density at radius 1 is 1.60 bits per heavy atom. The van der Waals surface area contributed by atoms with Crippen molar-refractivity contribution in [1.82, 2.24) is 9.38 Å². The average Bonchev–Trinajstić information content (AvgIpc) is 2.63. The lowest BCUT2D eigenvalue weighted by molar-refractivity contribution is 0.0522. The summed E-state index contributed by atoms with van der Waals surface area (Å²) in [4.78, 5) is 15.5. The number of nitrogens with zero attached hydrogens (tertiary/aromatic N) is 2. The maximum Gasteiger partial charge on any atom is 0.359 e. The molecule has 78 valence electrons. The van der Waals surface area contributed by atoms with Crippen molar-refractivity contribution in [3.05, 3.63) is 35.4 Å². The Morgan fingerprint density at radius 2 is 2.40 bits per heavy atom. The minimum Gasteiger partial charge on any atom is -0.461 e. The fraction of sp³-hybridized carbons (Fsp3) is 0.200. The number of imidazole rings is 1. The molecule has 0 atom stereocenters. The molecule has 0 saturated carbocycles. The highest BCUT2D eigenvalue weighted by atomic mass is 35.5. The lowest BCUT2D eigenvalue weighted by Crippen LogP contribution is -2.05. The molecule has 2 aromatic heterocycles. The summed E-state index contributed by atoms with van der Waals surface area (Å²) in [5.41, 5.74) is 0.945. The van der Waals surface area contributed by atoms with Gasteiger partial charge >= 0.3 is 5.97 Å². The number of carbonyl (C=O) groups is 1. The molecular weight excluding hydrogens is 216 g/mol. The van der Waals surface area contributed by atoms with Crippen molar-refractivity contribution in [2.45, 2.75) is 6.92 Å². The summed E-state index contributed by atoms with van der Waals surface area (Å²) in [5, 5.41) is 0.510. The molecule has 0 radical (unpaired) electrons. The number of esters is 1. The van der Waals surface area contributed by atoms with Gasteiger partial charge in [-0.3, -0.25) is 4.40 Å². The Morgan fingerprint density at radius 3 is 3.13 bits per heavy atom. The quantitative estimate of drug-likeness (QED) is 0.580.